The van der Waals surface area contributed by atoms with Crippen molar-refractivity contribution in [1.82, 2.24) is 29.5 Å². The topological polar surface area (TPSA) is 77.1 Å². The molecular formula is C18H22N6O. The zero-order valence-corrected chi connectivity index (χ0v) is 15.0. The van der Waals surface area contributed by atoms with Gasteiger partial charge in [0.1, 0.15) is 11.4 Å². The highest BCUT2D eigenvalue weighted by Crippen LogP contribution is 2.19. The predicted molar refractivity (Wildman–Crippen MR) is 93.7 cm³/mol. The molecule has 4 rings (SSSR count). The van der Waals surface area contributed by atoms with Crippen LogP contribution < -0.4 is 5.32 Å². The van der Waals surface area contributed by atoms with Gasteiger partial charge in [-0.15, -0.1) is 0 Å². The van der Waals surface area contributed by atoms with Gasteiger partial charge in [-0.05, 0) is 40.2 Å². The van der Waals surface area contributed by atoms with Crippen LogP contribution in [0, 0.1) is 27.7 Å². The number of fused-ring (bicyclic) bond motifs is 2. The summed E-state index contributed by atoms with van der Waals surface area (Å²) in [6.07, 6.45) is 3.82. The third kappa shape index (κ3) is 2.69. The summed E-state index contributed by atoms with van der Waals surface area (Å²) in [5, 5.41) is 7.65. The van der Waals surface area contributed by atoms with E-state index >= 15 is 0 Å². The molecule has 0 spiro atoms. The second kappa shape index (κ2) is 5.68. The third-order valence-electron chi connectivity index (χ3n) is 4.75. The molecule has 0 unspecified atom stereocenters. The van der Waals surface area contributed by atoms with E-state index in [0.29, 0.717) is 16.9 Å². The zero-order chi connectivity index (χ0) is 17.7. The molecule has 3 aromatic rings. The van der Waals surface area contributed by atoms with Gasteiger partial charge in [-0.3, -0.25) is 4.79 Å². The van der Waals surface area contributed by atoms with Gasteiger partial charge in [0.15, 0.2) is 5.65 Å². The Labute approximate surface area is 146 Å². The summed E-state index contributed by atoms with van der Waals surface area (Å²) in [7, 11) is 0. The molecule has 3 aromatic heterocycles. The molecule has 25 heavy (non-hydrogen) atoms. The number of aryl methyl sites for hydroxylation is 5. The highest BCUT2D eigenvalue weighted by molar-refractivity contribution is 6.01. The Morgan fingerprint density at radius 3 is 2.80 bits per heavy atom. The molecule has 0 fully saturated rings. The molecule has 1 aliphatic heterocycles. The van der Waals surface area contributed by atoms with E-state index in [4.69, 9.17) is 0 Å². The van der Waals surface area contributed by atoms with E-state index in [1.807, 2.05) is 40.0 Å². The highest BCUT2D eigenvalue weighted by atomic mass is 16.1. The van der Waals surface area contributed by atoms with E-state index in [-0.39, 0.29) is 11.9 Å². The minimum absolute atomic E-state index is 0.0915. The van der Waals surface area contributed by atoms with Crippen LogP contribution in [0.25, 0.3) is 5.65 Å². The smallest absolute Gasteiger partial charge is 0.257 e. The molecule has 1 atom stereocenters. The minimum atomic E-state index is -0.102. The number of imidazole rings is 1. The number of aromatic nitrogens is 5. The molecule has 0 radical (unpaired) electrons. The highest BCUT2D eigenvalue weighted by Gasteiger charge is 2.25. The van der Waals surface area contributed by atoms with Crippen LogP contribution in [0.5, 0.6) is 0 Å². The number of carbonyl (C=O) groups is 1. The first kappa shape index (κ1) is 15.8. The average molecular weight is 338 g/mol. The number of nitrogens with zero attached hydrogens (tertiary/aromatic N) is 5. The minimum Gasteiger partial charge on any atom is -0.347 e. The lowest BCUT2D eigenvalue weighted by molar-refractivity contribution is 0.0928. The van der Waals surface area contributed by atoms with Crippen molar-refractivity contribution in [1.29, 1.82) is 0 Å². The maximum absolute atomic E-state index is 12.9. The first-order valence-corrected chi connectivity index (χ1v) is 8.59. The molecule has 7 nitrogen and oxygen atoms in total. The van der Waals surface area contributed by atoms with Crippen molar-refractivity contribution in [2.75, 3.05) is 0 Å². The van der Waals surface area contributed by atoms with E-state index < -0.39 is 0 Å². The quantitative estimate of drug-likeness (QED) is 0.774. The number of amides is 1. The van der Waals surface area contributed by atoms with E-state index in [1.54, 1.807) is 4.52 Å². The van der Waals surface area contributed by atoms with Crippen LogP contribution in [-0.4, -0.2) is 36.1 Å². The van der Waals surface area contributed by atoms with Crippen molar-refractivity contribution in [3.63, 3.8) is 0 Å². The Morgan fingerprint density at radius 2 is 2.00 bits per heavy atom. The predicted octanol–water partition coefficient (Wildman–Crippen LogP) is 1.90. The molecule has 1 amide bonds. The Kier molecular flexibility index (Phi) is 3.59. The van der Waals surface area contributed by atoms with Gasteiger partial charge in [-0.25, -0.2) is 14.5 Å². The Bertz CT molecular complexity index is 983. The molecule has 0 saturated heterocycles. The molecule has 0 aromatic carbocycles. The first-order valence-electron chi connectivity index (χ1n) is 8.59. The molecule has 1 aliphatic rings. The first-order chi connectivity index (χ1) is 11.9. The van der Waals surface area contributed by atoms with Crippen LogP contribution in [0.2, 0.25) is 0 Å². The van der Waals surface area contributed by atoms with Crippen LogP contribution in [0.3, 0.4) is 0 Å². The molecule has 4 heterocycles. The third-order valence-corrected chi connectivity index (χ3v) is 4.75. The summed E-state index contributed by atoms with van der Waals surface area (Å²) >= 11 is 0. The lowest BCUT2D eigenvalue weighted by atomic mass is 10.1. The molecule has 0 saturated carbocycles. The van der Waals surface area contributed by atoms with Gasteiger partial charge in [-0.2, -0.15) is 5.10 Å². The monoisotopic (exact) mass is 338 g/mol. The molecule has 7 heteroatoms. The Balaban J connectivity index is 1.62. The largest absolute Gasteiger partial charge is 0.347 e. The average Bonchev–Trinajstić information content (AvgIpc) is 3.05. The maximum Gasteiger partial charge on any atom is 0.257 e. The number of rotatable bonds is 2. The standard InChI is InChI=1S/C18H22N6O/c1-10-7-12(3)24-17(20-10)16(13(4)22-24)18(25)21-14-5-6-15-19-11(2)8-23(15)9-14/h7-8,14H,5-6,9H2,1-4H3,(H,21,25)/t14-/m1/s1. The van der Waals surface area contributed by atoms with Crippen molar-refractivity contribution >= 4 is 11.6 Å². The van der Waals surface area contributed by atoms with Gasteiger partial charge in [0.05, 0.1) is 11.4 Å². The fraction of sp³-hybridized carbons (Fsp3) is 0.444. The van der Waals surface area contributed by atoms with Gasteiger partial charge in [0.25, 0.3) is 5.91 Å². The summed E-state index contributed by atoms with van der Waals surface area (Å²) in [5.41, 5.74) is 4.78. The number of nitrogens with one attached hydrogen (secondary N) is 1. The van der Waals surface area contributed by atoms with Crippen LogP contribution in [0.1, 0.15) is 45.4 Å². The summed E-state index contributed by atoms with van der Waals surface area (Å²) in [6, 6.07) is 2.05. The van der Waals surface area contributed by atoms with Gasteiger partial charge in [-0.1, -0.05) is 0 Å². The van der Waals surface area contributed by atoms with Crippen LogP contribution in [0.15, 0.2) is 12.3 Å². The second-order valence-electron chi connectivity index (χ2n) is 6.89. The van der Waals surface area contributed by atoms with Gasteiger partial charge in [0.2, 0.25) is 0 Å². The zero-order valence-electron chi connectivity index (χ0n) is 15.0. The molecule has 130 valence electrons. The van der Waals surface area contributed by atoms with E-state index in [1.165, 1.54) is 0 Å². The summed E-state index contributed by atoms with van der Waals surface area (Å²) in [5.74, 6) is 0.998. The molecule has 1 N–H and O–H groups in total. The van der Waals surface area contributed by atoms with Gasteiger partial charge < -0.3 is 9.88 Å². The number of carbonyl (C=O) groups excluding carboxylic acids is 1. The van der Waals surface area contributed by atoms with Crippen LogP contribution >= 0.6 is 0 Å². The van der Waals surface area contributed by atoms with Crippen molar-refractivity contribution < 1.29 is 4.79 Å². The molecule has 0 bridgehead atoms. The number of hydrogen-bond acceptors (Lipinski definition) is 4. The Morgan fingerprint density at radius 1 is 1.20 bits per heavy atom. The SMILES string of the molecule is Cc1cn2c(n1)CC[C@@H](NC(=O)c1c(C)nn3c(C)cc(C)nc13)C2. The van der Waals surface area contributed by atoms with Gasteiger partial charge >= 0.3 is 0 Å². The van der Waals surface area contributed by atoms with Crippen LogP contribution in [0.4, 0.5) is 0 Å². The molecular weight excluding hydrogens is 316 g/mol. The fourth-order valence-corrected chi connectivity index (χ4v) is 3.65. The van der Waals surface area contributed by atoms with Gasteiger partial charge in [0, 0.05) is 36.6 Å². The van der Waals surface area contributed by atoms with Crippen molar-refractivity contribution in [3.05, 3.63) is 46.4 Å². The van der Waals surface area contributed by atoms with Crippen molar-refractivity contribution in [2.45, 2.75) is 53.1 Å². The van der Waals surface area contributed by atoms with E-state index in [2.05, 4.69) is 25.0 Å². The normalized spacial score (nSPS) is 16.9. The Hall–Kier alpha value is -2.70. The fourth-order valence-electron chi connectivity index (χ4n) is 3.65. The maximum atomic E-state index is 12.9. The van der Waals surface area contributed by atoms with E-state index in [9.17, 15) is 4.79 Å². The lowest BCUT2D eigenvalue weighted by Gasteiger charge is -2.24. The van der Waals surface area contributed by atoms with Crippen molar-refractivity contribution in [2.24, 2.45) is 0 Å². The molecule has 0 aliphatic carbocycles. The summed E-state index contributed by atoms with van der Waals surface area (Å²) in [6.45, 7) is 8.51. The second-order valence-corrected chi connectivity index (χ2v) is 6.89. The number of hydrogen-bond donors (Lipinski definition) is 1. The van der Waals surface area contributed by atoms with E-state index in [0.717, 1.165) is 42.3 Å². The van der Waals surface area contributed by atoms with Crippen LogP contribution in [-0.2, 0) is 13.0 Å². The summed E-state index contributed by atoms with van der Waals surface area (Å²) < 4.78 is 3.88. The summed E-state index contributed by atoms with van der Waals surface area (Å²) in [4.78, 5) is 22.0. The lowest BCUT2D eigenvalue weighted by Crippen LogP contribution is -2.41. The van der Waals surface area contributed by atoms with Crippen molar-refractivity contribution in [3.8, 4) is 0 Å².